The first-order valence-corrected chi connectivity index (χ1v) is 24.4. The van der Waals surface area contributed by atoms with Crippen LogP contribution in [0.15, 0.2) is 11.6 Å². The molecule has 0 bridgehead atoms. The zero-order chi connectivity index (χ0) is 48.7. The molecule has 8 aliphatic rings. The molecule has 0 radical (unpaired) electrons. The van der Waals surface area contributed by atoms with Gasteiger partial charge in [-0.05, 0) is 83.5 Å². The molecule has 4 heterocycles. The first kappa shape index (κ1) is 52.3. The molecular weight excluding hydrogens is 884 g/mol. The van der Waals surface area contributed by atoms with Crippen LogP contribution in [0.2, 0.25) is 0 Å². The summed E-state index contributed by atoms with van der Waals surface area (Å²) in [5.74, 6) is -0.970. The number of hydrogen-bond donors (Lipinski definition) is 10. The van der Waals surface area contributed by atoms with Crippen LogP contribution in [0.1, 0.15) is 92.9 Å². The molecule has 0 aromatic carbocycles. The van der Waals surface area contributed by atoms with Gasteiger partial charge in [-0.25, -0.2) is 0 Å². The smallest absolute Gasteiger partial charge is 0.187 e. The van der Waals surface area contributed by atoms with E-state index in [1.165, 1.54) is 14.2 Å². The number of aliphatic hydroxyl groups is 10. The first-order valence-electron chi connectivity index (χ1n) is 24.4. The van der Waals surface area contributed by atoms with E-state index in [0.717, 1.165) is 5.57 Å². The molecule has 3 saturated carbocycles. The van der Waals surface area contributed by atoms with Crippen molar-refractivity contribution in [2.75, 3.05) is 20.8 Å². The van der Waals surface area contributed by atoms with Crippen molar-refractivity contribution in [2.45, 2.75) is 234 Å². The molecular formula is C47H78O20. The minimum absolute atomic E-state index is 0.145. The van der Waals surface area contributed by atoms with Gasteiger partial charge in [0.25, 0.3) is 0 Å². The summed E-state index contributed by atoms with van der Waals surface area (Å²) in [6.45, 7) is 10.2. The summed E-state index contributed by atoms with van der Waals surface area (Å²) in [6, 6.07) is 0. The van der Waals surface area contributed by atoms with Gasteiger partial charge >= 0.3 is 0 Å². The van der Waals surface area contributed by atoms with E-state index < -0.39 is 152 Å². The van der Waals surface area contributed by atoms with Crippen molar-refractivity contribution in [2.24, 2.45) is 28.6 Å². The van der Waals surface area contributed by atoms with Gasteiger partial charge in [-0.15, -0.1) is 0 Å². The van der Waals surface area contributed by atoms with E-state index in [-0.39, 0.29) is 36.7 Å². The molecule has 8 rings (SSSR count). The third-order valence-corrected chi connectivity index (χ3v) is 17.7. The second kappa shape index (κ2) is 20.1. The molecule has 7 fully saturated rings. The van der Waals surface area contributed by atoms with Crippen LogP contribution in [-0.2, 0) is 47.4 Å². The lowest BCUT2D eigenvalue weighted by Gasteiger charge is -2.64. The van der Waals surface area contributed by atoms with Crippen LogP contribution in [0.25, 0.3) is 0 Å². The summed E-state index contributed by atoms with van der Waals surface area (Å²) in [6.07, 6.45) is -16.3. The molecule has 0 aromatic heterocycles. The van der Waals surface area contributed by atoms with Gasteiger partial charge in [0.15, 0.2) is 25.2 Å². The van der Waals surface area contributed by atoms with Crippen LogP contribution in [-0.4, -0.2) is 213 Å². The summed E-state index contributed by atoms with van der Waals surface area (Å²) < 4.78 is 60.9. The Labute approximate surface area is 392 Å². The van der Waals surface area contributed by atoms with E-state index >= 15 is 0 Å². The molecule has 67 heavy (non-hydrogen) atoms. The standard InChI is InChI=1S/C47H78O20/c1-19(49)25-12-14-47(57)26-10-9-23-15-24(11-13-45(23,5)32(26)34(52)42(56)46(25,47)6)63-30-16-27(50)38(20(2)60-30)65-31-17-28(58-7)39(21(3)61-31)66-44-37(55)41(59-8)40(22(4)62-44)67-43-36(54)35(53)33(51)29(18-48)64-43/h9,19-22,24-44,48-57H,10-18H2,1-8H3/t19-,20-,21-,22-,24+,25-,26-,27+,28+,29-,30+,31+,32-,33+,34+,35+,36-,37-,38-,39-,40-,41+,42-,43+,44+,45+,46+,47+/m1/s1. The fraction of sp³-hybridized carbons (Fsp3) is 0.957. The summed E-state index contributed by atoms with van der Waals surface area (Å²) in [5.41, 5.74) is -1.62. The Morgan fingerprint density at radius 3 is 1.99 bits per heavy atom. The average molecular weight is 963 g/mol. The maximum Gasteiger partial charge on any atom is 0.187 e. The molecule has 0 amide bonds. The SMILES string of the molecule is CO[C@H]1[C@@H](O)[C@H](O[C@H]2[C@@H](OC)C[C@H](O[C@H]3[C@@H](O)C[C@H](O[C@H]4CC[C@@]5(C)C(=CC[C@@H]6[C@@H]5[C@H](O)[C@@H](O)[C@]5(C)[C@@H]([C@@H](C)O)CC[C@]65O)C4)O[C@@H]3C)O[C@@H]2C)O[C@H](C)[C@H]1O[C@@H]1O[C@H](CO)[C@H](O)[C@H](O)[C@H]1O. The summed E-state index contributed by atoms with van der Waals surface area (Å²) in [7, 11) is 2.87. The molecule has 10 N–H and O–H groups in total. The van der Waals surface area contributed by atoms with Crippen LogP contribution in [0.3, 0.4) is 0 Å². The second-order valence-corrected chi connectivity index (χ2v) is 21.3. The number of methoxy groups -OCH3 is 2. The highest BCUT2D eigenvalue weighted by atomic mass is 16.8. The van der Waals surface area contributed by atoms with Gasteiger partial charge in [0.05, 0.1) is 67.1 Å². The fourth-order valence-corrected chi connectivity index (χ4v) is 13.9. The van der Waals surface area contributed by atoms with Gasteiger partial charge in [-0.3, -0.25) is 0 Å². The quantitative estimate of drug-likeness (QED) is 0.106. The monoisotopic (exact) mass is 963 g/mol. The molecule has 20 nitrogen and oxygen atoms in total. The molecule has 28 atom stereocenters. The topological polar surface area (TPSA) is 295 Å². The molecule has 0 aromatic rings. The minimum atomic E-state index is -1.67. The Hall–Kier alpha value is -1.06. The largest absolute Gasteiger partial charge is 0.394 e. The van der Waals surface area contributed by atoms with Crippen molar-refractivity contribution in [1.29, 1.82) is 0 Å². The van der Waals surface area contributed by atoms with Crippen LogP contribution in [0.4, 0.5) is 0 Å². The molecule has 0 spiro atoms. The lowest BCUT2D eigenvalue weighted by molar-refractivity contribution is -0.373. The van der Waals surface area contributed by atoms with Crippen LogP contribution >= 0.6 is 0 Å². The number of aliphatic hydroxyl groups excluding tert-OH is 9. The fourth-order valence-electron chi connectivity index (χ4n) is 13.9. The molecule has 4 aliphatic heterocycles. The number of rotatable bonds is 12. The lowest BCUT2D eigenvalue weighted by atomic mass is 9.44. The second-order valence-electron chi connectivity index (χ2n) is 21.3. The Kier molecular flexibility index (Phi) is 15.7. The predicted molar refractivity (Wildman–Crippen MR) is 230 cm³/mol. The Balaban J connectivity index is 0.841. The van der Waals surface area contributed by atoms with E-state index in [0.29, 0.717) is 38.5 Å². The third-order valence-electron chi connectivity index (χ3n) is 17.7. The number of allylic oxidation sites excluding steroid dienone is 1. The van der Waals surface area contributed by atoms with E-state index in [4.69, 9.17) is 47.4 Å². The van der Waals surface area contributed by atoms with Crippen molar-refractivity contribution in [3.05, 3.63) is 11.6 Å². The van der Waals surface area contributed by atoms with Crippen LogP contribution in [0.5, 0.6) is 0 Å². The average Bonchev–Trinajstić information content (AvgIpc) is 3.58. The van der Waals surface area contributed by atoms with E-state index in [1.807, 2.05) is 6.92 Å². The molecule has 20 heteroatoms. The van der Waals surface area contributed by atoms with Crippen molar-refractivity contribution >= 4 is 0 Å². The highest BCUT2D eigenvalue weighted by molar-refractivity contribution is 5.31. The Morgan fingerprint density at radius 2 is 1.34 bits per heavy atom. The predicted octanol–water partition coefficient (Wildman–Crippen LogP) is -0.890. The summed E-state index contributed by atoms with van der Waals surface area (Å²) >= 11 is 0. The maximum absolute atomic E-state index is 12.4. The van der Waals surface area contributed by atoms with Gasteiger partial charge in [-0.1, -0.05) is 25.5 Å². The van der Waals surface area contributed by atoms with E-state index in [2.05, 4.69) is 13.0 Å². The normalized spacial score (nSPS) is 55.2. The van der Waals surface area contributed by atoms with Crippen molar-refractivity contribution in [1.82, 2.24) is 0 Å². The third kappa shape index (κ3) is 9.01. The van der Waals surface area contributed by atoms with E-state index in [9.17, 15) is 51.1 Å². The molecule has 4 aliphatic carbocycles. The maximum atomic E-state index is 12.4. The molecule has 386 valence electrons. The van der Waals surface area contributed by atoms with Gasteiger partial charge in [0.1, 0.15) is 54.9 Å². The van der Waals surface area contributed by atoms with Crippen molar-refractivity contribution in [3.63, 3.8) is 0 Å². The summed E-state index contributed by atoms with van der Waals surface area (Å²) in [5, 5.41) is 110. The Morgan fingerprint density at radius 1 is 0.701 bits per heavy atom. The highest BCUT2D eigenvalue weighted by Gasteiger charge is 2.73. The minimum Gasteiger partial charge on any atom is -0.394 e. The zero-order valence-corrected chi connectivity index (χ0v) is 39.9. The van der Waals surface area contributed by atoms with Gasteiger partial charge in [-0.2, -0.15) is 0 Å². The first-order chi connectivity index (χ1) is 31.6. The number of hydrogen-bond acceptors (Lipinski definition) is 20. The van der Waals surface area contributed by atoms with Gasteiger partial charge < -0.3 is 98.4 Å². The Bertz CT molecular complexity index is 1690. The van der Waals surface area contributed by atoms with E-state index in [1.54, 1.807) is 27.7 Å². The van der Waals surface area contributed by atoms with Crippen molar-refractivity contribution in [3.8, 4) is 0 Å². The molecule has 0 unspecified atom stereocenters. The highest BCUT2D eigenvalue weighted by Crippen LogP contribution is 2.68. The summed E-state index contributed by atoms with van der Waals surface area (Å²) in [4.78, 5) is 0. The van der Waals surface area contributed by atoms with Gasteiger partial charge in [0.2, 0.25) is 0 Å². The van der Waals surface area contributed by atoms with Gasteiger partial charge in [0, 0.05) is 38.4 Å². The number of fused-ring (bicyclic) bond motifs is 5. The lowest BCUT2D eigenvalue weighted by Crippen LogP contribution is -2.71. The van der Waals surface area contributed by atoms with Crippen LogP contribution in [0, 0.1) is 28.6 Å². The zero-order valence-electron chi connectivity index (χ0n) is 39.9. The van der Waals surface area contributed by atoms with Crippen molar-refractivity contribution < 1.29 is 98.4 Å². The molecule has 4 saturated heterocycles. The number of ether oxygens (including phenoxy) is 10. The van der Waals surface area contributed by atoms with Crippen LogP contribution < -0.4 is 0 Å².